The number of aromatic amines is 1. The maximum atomic E-state index is 11.4. The number of hydrogen-bond donors (Lipinski definition) is 3. The first-order valence-electron chi connectivity index (χ1n) is 4.68. The molecule has 0 aromatic carbocycles. The van der Waals surface area contributed by atoms with Crippen LogP contribution in [0.25, 0.3) is 0 Å². The molecular weight excluding hydrogens is 194 g/mol. The minimum absolute atomic E-state index is 0.242. The summed E-state index contributed by atoms with van der Waals surface area (Å²) >= 11 is 0. The highest BCUT2D eigenvalue weighted by atomic mass is 16.3. The van der Waals surface area contributed by atoms with Crippen LogP contribution in [0.15, 0.2) is 12.3 Å². The number of nitrogens with one attached hydrogen (secondary N) is 2. The van der Waals surface area contributed by atoms with Gasteiger partial charge in [0.2, 0.25) is 0 Å². The lowest BCUT2D eigenvalue weighted by Gasteiger charge is -2.04. The predicted octanol–water partition coefficient (Wildman–Crippen LogP) is 0.387. The van der Waals surface area contributed by atoms with Crippen molar-refractivity contribution < 1.29 is 9.90 Å². The summed E-state index contributed by atoms with van der Waals surface area (Å²) in [7, 11) is 0. The molecule has 0 saturated carbocycles. The highest BCUT2D eigenvalue weighted by Crippen LogP contribution is 2.01. The summed E-state index contributed by atoms with van der Waals surface area (Å²) in [5.41, 5.74) is 0.785. The summed E-state index contributed by atoms with van der Waals surface area (Å²) in [6.45, 7) is 2.08. The number of carbonyl (C=O) groups is 1. The molecule has 0 aliphatic carbocycles. The smallest absolute Gasteiger partial charge is 0.252 e. The van der Waals surface area contributed by atoms with Gasteiger partial charge in [0.05, 0.1) is 11.7 Å². The fourth-order valence-corrected chi connectivity index (χ4v) is 1.09. The van der Waals surface area contributed by atoms with Crippen LogP contribution < -0.4 is 5.32 Å². The Labute approximate surface area is 87.7 Å². The highest BCUT2D eigenvalue weighted by molar-refractivity contribution is 5.94. The lowest BCUT2D eigenvalue weighted by molar-refractivity contribution is 0.0946. The zero-order valence-corrected chi connectivity index (χ0v) is 8.45. The minimum Gasteiger partial charge on any atom is -0.393 e. The summed E-state index contributed by atoms with van der Waals surface area (Å²) < 4.78 is 0. The predicted molar refractivity (Wildman–Crippen MR) is 54.1 cm³/mol. The molecule has 0 bridgehead atoms. The van der Waals surface area contributed by atoms with Gasteiger partial charge in [-0.05, 0) is 19.4 Å². The molecule has 0 aliphatic rings. The lowest BCUT2D eigenvalue weighted by Crippen LogP contribution is -2.26. The van der Waals surface area contributed by atoms with E-state index >= 15 is 0 Å². The van der Waals surface area contributed by atoms with E-state index in [0.717, 1.165) is 0 Å². The van der Waals surface area contributed by atoms with E-state index in [2.05, 4.69) is 10.3 Å². The molecule has 5 nitrogen and oxygen atoms in total. The summed E-state index contributed by atoms with van der Waals surface area (Å²) in [6, 6.07) is 3.38. The second-order valence-corrected chi connectivity index (χ2v) is 3.31. The molecule has 0 radical (unpaired) electrons. The van der Waals surface area contributed by atoms with E-state index in [1.54, 1.807) is 6.92 Å². The standard InChI is InChI=1S/C10H13N3O2/c1-7(14)2-3-12-10(15)8-4-9(5-11)13-6-8/h4,6-7,13-14H,2-3H2,1H3,(H,12,15). The number of H-pyrrole nitrogens is 1. The Balaban J connectivity index is 2.44. The van der Waals surface area contributed by atoms with Crippen molar-refractivity contribution in [2.75, 3.05) is 6.54 Å². The van der Waals surface area contributed by atoms with Crippen molar-refractivity contribution in [1.29, 1.82) is 5.26 Å². The third kappa shape index (κ3) is 3.44. The fourth-order valence-electron chi connectivity index (χ4n) is 1.09. The van der Waals surface area contributed by atoms with Gasteiger partial charge in [-0.1, -0.05) is 0 Å². The second-order valence-electron chi connectivity index (χ2n) is 3.31. The Morgan fingerprint density at radius 2 is 2.53 bits per heavy atom. The van der Waals surface area contributed by atoms with Crippen LogP contribution in [0.4, 0.5) is 0 Å². The molecule has 0 aliphatic heterocycles. The molecule has 1 heterocycles. The van der Waals surface area contributed by atoms with Crippen molar-refractivity contribution >= 4 is 5.91 Å². The van der Waals surface area contributed by atoms with Gasteiger partial charge in [0.15, 0.2) is 0 Å². The van der Waals surface area contributed by atoms with E-state index in [1.165, 1.54) is 12.3 Å². The van der Waals surface area contributed by atoms with Gasteiger partial charge < -0.3 is 15.4 Å². The molecule has 5 heteroatoms. The number of aliphatic hydroxyl groups is 1. The first-order chi connectivity index (χ1) is 7.13. The first kappa shape index (κ1) is 11.3. The van der Waals surface area contributed by atoms with Crippen LogP contribution in [-0.2, 0) is 0 Å². The zero-order valence-electron chi connectivity index (χ0n) is 8.45. The minimum atomic E-state index is -0.425. The Morgan fingerprint density at radius 1 is 1.80 bits per heavy atom. The fraction of sp³-hybridized carbons (Fsp3) is 0.400. The molecule has 80 valence electrons. The molecule has 0 spiro atoms. The Hall–Kier alpha value is -1.80. The SMILES string of the molecule is CC(O)CCNC(=O)c1c[nH]c(C#N)c1. The molecule has 1 amide bonds. The molecule has 3 N–H and O–H groups in total. The molecule has 15 heavy (non-hydrogen) atoms. The molecule has 1 rings (SSSR count). The number of nitrogens with zero attached hydrogens (tertiary/aromatic N) is 1. The van der Waals surface area contributed by atoms with E-state index in [-0.39, 0.29) is 5.91 Å². The van der Waals surface area contributed by atoms with Crippen molar-refractivity contribution in [3.63, 3.8) is 0 Å². The Morgan fingerprint density at radius 3 is 3.07 bits per heavy atom. The zero-order chi connectivity index (χ0) is 11.3. The molecule has 1 aromatic rings. The average molecular weight is 207 g/mol. The number of aliphatic hydroxyl groups excluding tert-OH is 1. The molecule has 0 saturated heterocycles. The number of rotatable bonds is 4. The Kier molecular flexibility index (Phi) is 3.89. The van der Waals surface area contributed by atoms with E-state index in [0.29, 0.717) is 24.2 Å². The van der Waals surface area contributed by atoms with Crippen LogP contribution in [-0.4, -0.2) is 28.6 Å². The molecule has 1 aromatic heterocycles. The molecule has 1 atom stereocenters. The number of amides is 1. The molecule has 0 fully saturated rings. The Bertz CT molecular complexity index is 376. The van der Waals surface area contributed by atoms with Crippen molar-refractivity contribution in [2.24, 2.45) is 0 Å². The van der Waals surface area contributed by atoms with Gasteiger partial charge in [-0.15, -0.1) is 0 Å². The third-order valence-corrected chi connectivity index (χ3v) is 1.91. The van der Waals surface area contributed by atoms with Gasteiger partial charge in [0, 0.05) is 12.7 Å². The van der Waals surface area contributed by atoms with Crippen LogP contribution in [0.1, 0.15) is 29.4 Å². The quantitative estimate of drug-likeness (QED) is 0.667. The van der Waals surface area contributed by atoms with Crippen molar-refractivity contribution in [3.8, 4) is 6.07 Å². The first-order valence-corrected chi connectivity index (χ1v) is 4.68. The van der Waals surface area contributed by atoms with Crippen LogP contribution in [0, 0.1) is 11.3 Å². The van der Waals surface area contributed by atoms with E-state index in [4.69, 9.17) is 10.4 Å². The number of nitriles is 1. The van der Waals surface area contributed by atoms with Gasteiger partial charge in [-0.25, -0.2) is 0 Å². The molecular formula is C10H13N3O2. The third-order valence-electron chi connectivity index (χ3n) is 1.91. The summed E-state index contributed by atoms with van der Waals surface area (Å²) in [5.74, 6) is -0.242. The molecule has 1 unspecified atom stereocenters. The number of aromatic nitrogens is 1. The van der Waals surface area contributed by atoms with E-state index in [1.807, 2.05) is 6.07 Å². The van der Waals surface area contributed by atoms with Crippen molar-refractivity contribution in [1.82, 2.24) is 10.3 Å². The second kappa shape index (κ2) is 5.17. The largest absolute Gasteiger partial charge is 0.393 e. The van der Waals surface area contributed by atoms with Crippen LogP contribution >= 0.6 is 0 Å². The maximum absolute atomic E-state index is 11.4. The lowest BCUT2D eigenvalue weighted by atomic mass is 10.2. The maximum Gasteiger partial charge on any atom is 0.252 e. The van der Waals surface area contributed by atoms with Gasteiger partial charge in [-0.3, -0.25) is 4.79 Å². The van der Waals surface area contributed by atoms with E-state index in [9.17, 15) is 4.79 Å². The number of hydrogen-bond acceptors (Lipinski definition) is 3. The summed E-state index contributed by atoms with van der Waals surface area (Å²) in [4.78, 5) is 14.1. The van der Waals surface area contributed by atoms with Crippen LogP contribution in [0.2, 0.25) is 0 Å². The summed E-state index contributed by atoms with van der Waals surface area (Å²) in [5, 5.41) is 20.2. The number of carbonyl (C=O) groups excluding carboxylic acids is 1. The van der Waals surface area contributed by atoms with Gasteiger partial charge >= 0.3 is 0 Å². The topological polar surface area (TPSA) is 88.9 Å². The van der Waals surface area contributed by atoms with Crippen molar-refractivity contribution in [3.05, 3.63) is 23.5 Å². The average Bonchev–Trinajstić information content (AvgIpc) is 2.65. The van der Waals surface area contributed by atoms with E-state index < -0.39 is 6.10 Å². The highest BCUT2D eigenvalue weighted by Gasteiger charge is 2.07. The summed E-state index contributed by atoms with van der Waals surface area (Å²) in [6.07, 6.45) is 1.57. The van der Waals surface area contributed by atoms with Gasteiger partial charge in [-0.2, -0.15) is 5.26 Å². The monoisotopic (exact) mass is 207 g/mol. The van der Waals surface area contributed by atoms with Gasteiger partial charge in [0.1, 0.15) is 11.8 Å². The van der Waals surface area contributed by atoms with Crippen LogP contribution in [0.3, 0.4) is 0 Å². The van der Waals surface area contributed by atoms with Crippen molar-refractivity contribution in [2.45, 2.75) is 19.4 Å². The normalized spacial score (nSPS) is 11.8. The van der Waals surface area contributed by atoms with Crippen LogP contribution in [0.5, 0.6) is 0 Å². The van der Waals surface area contributed by atoms with Gasteiger partial charge in [0.25, 0.3) is 5.91 Å².